The van der Waals surface area contributed by atoms with Gasteiger partial charge in [-0.1, -0.05) is 53.2 Å². The molecule has 6 nitrogen and oxygen atoms in total. The van der Waals surface area contributed by atoms with Gasteiger partial charge in [0, 0.05) is 4.47 Å². The molecule has 3 aromatic rings. The summed E-state index contributed by atoms with van der Waals surface area (Å²) in [5, 5.41) is 1.70. The van der Waals surface area contributed by atoms with Crippen molar-refractivity contribution in [2.24, 2.45) is 5.92 Å². The standard InChI is InChI=1S/C26H23BrN2O4/c1-2-15-32-21-13-11-19(12-14-21)28-25(30)22-23(17-7-6-8-18(27)16-17)29(33-24(22)26(28)31)20-9-4-3-5-10-20/h3-14,16,22-24H,2,15H2,1H3/t22-,23+,24+/m1/s1. The fraction of sp³-hybridized carbons (Fsp3) is 0.231. The van der Waals surface area contributed by atoms with Gasteiger partial charge in [-0.25, -0.2) is 9.96 Å². The second kappa shape index (κ2) is 9.00. The molecule has 0 unspecified atom stereocenters. The maximum atomic E-state index is 13.7. The van der Waals surface area contributed by atoms with Crippen LogP contribution in [0.4, 0.5) is 11.4 Å². The normalized spacial score (nSPS) is 22.1. The lowest BCUT2D eigenvalue weighted by molar-refractivity contribution is -0.126. The summed E-state index contributed by atoms with van der Waals surface area (Å²) < 4.78 is 6.52. The number of hydrogen-bond donors (Lipinski definition) is 0. The van der Waals surface area contributed by atoms with Crippen LogP contribution in [0.1, 0.15) is 24.9 Å². The van der Waals surface area contributed by atoms with Crippen molar-refractivity contribution in [3.63, 3.8) is 0 Å². The monoisotopic (exact) mass is 506 g/mol. The van der Waals surface area contributed by atoms with E-state index in [1.54, 1.807) is 29.3 Å². The second-order valence-corrected chi connectivity index (χ2v) is 8.98. The highest BCUT2D eigenvalue weighted by Gasteiger charge is 2.60. The summed E-state index contributed by atoms with van der Waals surface area (Å²) >= 11 is 3.52. The van der Waals surface area contributed by atoms with Gasteiger partial charge in [-0.3, -0.25) is 14.4 Å². The minimum absolute atomic E-state index is 0.268. The number of benzene rings is 3. The molecule has 0 N–H and O–H groups in total. The third kappa shape index (κ3) is 3.92. The van der Waals surface area contributed by atoms with Gasteiger partial charge in [0.2, 0.25) is 5.91 Å². The lowest BCUT2D eigenvalue weighted by Crippen LogP contribution is -2.37. The molecule has 2 heterocycles. The van der Waals surface area contributed by atoms with Crippen molar-refractivity contribution in [2.45, 2.75) is 25.5 Å². The summed E-state index contributed by atoms with van der Waals surface area (Å²) in [6, 6.07) is 23.9. The fourth-order valence-corrected chi connectivity index (χ4v) is 4.83. The van der Waals surface area contributed by atoms with Gasteiger partial charge in [0.15, 0.2) is 6.10 Å². The first-order valence-corrected chi connectivity index (χ1v) is 11.7. The van der Waals surface area contributed by atoms with Crippen LogP contribution in [0.15, 0.2) is 83.3 Å². The number of para-hydroxylation sites is 1. The number of fused-ring (bicyclic) bond motifs is 1. The molecule has 168 valence electrons. The summed E-state index contributed by atoms with van der Waals surface area (Å²) in [6.45, 7) is 2.65. The van der Waals surface area contributed by atoms with Crippen molar-refractivity contribution in [2.75, 3.05) is 16.6 Å². The number of carbonyl (C=O) groups excluding carboxylic acids is 2. The molecule has 33 heavy (non-hydrogen) atoms. The number of halogens is 1. The second-order valence-electron chi connectivity index (χ2n) is 8.07. The zero-order valence-corrected chi connectivity index (χ0v) is 19.6. The Hall–Kier alpha value is -3.16. The quantitative estimate of drug-likeness (QED) is 0.425. The highest BCUT2D eigenvalue weighted by atomic mass is 79.9. The molecule has 0 aromatic heterocycles. The summed E-state index contributed by atoms with van der Waals surface area (Å²) in [5.41, 5.74) is 2.21. The van der Waals surface area contributed by atoms with Crippen molar-refractivity contribution in [1.29, 1.82) is 0 Å². The van der Waals surface area contributed by atoms with Gasteiger partial charge >= 0.3 is 0 Å². The van der Waals surface area contributed by atoms with Crippen molar-refractivity contribution in [3.8, 4) is 5.75 Å². The van der Waals surface area contributed by atoms with E-state index in [9.17, 15) is 9.59 Å². The molecule has 0 spiro atoms. The average Bonchev–Trinajstić information content (AvgIpc) is 3.35. The van der Waals surface area contributed by atoms with Crippen LogP contribution < -0.4 is 14.7 Å². The molecule has 0 bridgehead atoms. The maximum Gasteiger partial charge on any atom is 0.266 e. The highest BCUT2D eigenvalue weighted by molar-refractivity contribution is 9.10. The Morgan fingerprint density at radius 2 is 1.67 bits per heavy atom. The Kier molecular flexibility index (Phi) is 5.91. The van der Waals surface area contributed by atoms with Crippen molar-refractivity contribution in [3.05, 3.63) is 88.9 Å². The summed E-state index contributed by atoms with van der Waals surface area (Å²) in [6.07, 6.45) is 0.0122. The molecular formula is C26H23BrN2O4. The van der Waals surface area contributed by atoms with E-state index in [1.807, 2.05) is 61.5 Å². The number of hydroxylamine groups is 1. The molecule has 2 saturated heterocycles. The predicted molar refractivity (Wildman–Crippen MR) is 129 cm³/mol. The van der Waals surface area contributed by atoms with E-state index in [0.717, 1.165) is 22.1 Å². The first kappa shape index (κ1) is 21.7. The molecule has 2 aliphatic heterocycles. The molecule has 2 amide bonds. The summed E-state index contributed by atoms with van der Waals surface area (Å²) in [4.78, 5) is 34.5. The smallest absolute Gasteiger partial charge is 0.266 e. The zero-order valence-electron chi connectivity index (χ0n) is 18.1. The lowest BCUT2D eigenvalue weighted by atomic mass is 9.90. The van der Waals surface area contributed by atoms with E-state index >= 15 is 0 Å². The molecule has 0 radical (unpaired) electrons. The van der Waals surface area contributed by atoms with Gasteiger partial charge in [0.05, 0.1) is 24.0 Å². The average molecular weight is 507 g/mol. The molecule has 3 aromatic carbocycles. The number of nitrogens with zero attached hydrogens (tertiary/aromatic N) is 2. The topological polar surface area (TPSA) is 59.1 Å². The zero-order chi connectivity index (χ0) is 22.9. The van der Waals surface area contributed by atoms with Crippen LogP contribution in [-0.4, -0.2) is 24.5 Å². The molecular weight excluding hydrogens is 484 g/mol. The predicted octanol–water partition coefficient (Wildman–Crippen LogP) is 5.29. The minimum Gasteiger partial charge on any atom is -0.494 e. The number of rotatable bonds is 6. The minimum atomic E-state index is -0.891. The Morgan fingerprint density at radius 3 is 2.36 bits per heavy atom. The van der Waals surface area contributed by atoms with Crippen LogP contribution in [0.2, 0.25) is 0 Å². The van der Waals surface area contributed by atoms with Gasteiger partial charge < -0.3 is 4.74 Å². The molecule has 3 atom stereocenters. The van der Waals surface area contributed by atoms with E-state index in [4.69, 9.17) is 9.57 Å². The van der Waals surface area contributed by atoms with E-state index < -0.39 is 18.1 Å². The number of ether oxygens (including phenoxy) is 1. The van der Waals surface area contributed by atoms with E-state index in [1.165, 1.54) is 4.90 Å². The number of amides is 2. The Bertz CT molecular complexity index is 1170. The lowest BCUT2D eigenvalue weighted by Gasteiger charge is -2.29. The fourth-order valence-electron chi connectivity index (χ4n) is 4.41. The van der Waals surface area contributed by atoms with Crippen LogP contribution in [0, 0.1) is 5.92 Å². The van der Waals surface area contributed by atoms with Crippen LogP contribution in [-0.2, 0) is 14.4 Å². The molecule has 0 aliphatic carbocycles. The van der Waals surface area contributed by atoms with Crippen LogP contribution in [0.5, 0.6) is 5.75 Å². The molecule has 2 aliphatic rings. The molecule has 2 fully saturated rings. The third-order valence-corrected chi connectivity index (χ3v) is 6.38. The van der Waals surface area contributed by atoms with Crippen LogP contribution in [0.3, 0.4) is 0 Å². The van der Waals surface area contributed by atoms with E-state index in [-0.39, 0.29) is 11.8 Å². The van der Waals surface area contributed by atoms with Crippen molar-refractivity contribution < 1.29 is 19.2 Å². The number of imide groups is 1. The van der Waals surface area contributed by atoms with Gasteiger partial charge in [0.25, 0.3) is 5.91 Å². The number of anilines is 2. The number of hydrogen-bond acceptors (Lipinski definition) is 5. The van der Waals surface area contributed by atoms with Crippen molar-refractivity contribution in [1.82, 2.24) is 0 Å². The van der Waals surface area contributed by atoms with Crippen LogP contribution in [0.25, 0.3) is 0 Å². The molecule has 7 heteroatoms. The third-order valence-electron chi connectivity index (χ3n) is 5.88. The van der Waals surface area contributed by atoms with Crippen molar-refractivity contribution >= 4 is 39.1 Å². The first-order chi connectivity index (χ1) is 16.1. The Balaban J connectivity index is 1.50. The van der Waals surface area contributed by atoms with Gasteiger partial charge in [0.1, 0.15) is 11.7 Å². The largest absolute Gasteiger partial charge is 0.494 e. The van der Waals surface area contributed by atoms with Gasteiger partial charge in [-0.15, -0.1) is 0 Å². The SMILES string of the molecule is CCCOc1ccc(N2C(=O)[C@H]3[C@H](ON(c4ccccc4)[C@H]3c3cccc(Br)c3)C2=O)cc1. The van der Waals surface area contributed by atoms with Crippen LogP contribution >= 0.6 is 15.9 Å². The molecule has 5 rings (SSSR count). The Labute approximate surface area is 200 Å². The number of carbonyl (C=O) groups is 2. The maximum absolute atomic E-state index is 13.7. The van der Waals surface area contributed by atoms with Gasteiger partial charge in [-0.05, 0) is 60.5 Å². The highest BCUT2D eigenvalue weighted by Crippen LogP contribution is 2.47. The van der Waals surface area contributed by atoms with E-state index in [0.29, 0.717) is 18.0 Å². The Morgan fingerprint density at radius 1 is 0.909 bits per heavy atom. The summed E-state index contributed by atoms with van der Waals surface area (Å²) in [7, 11) is 0. The van der Waals surface area contributed by atoms with E-state index in [2.05, 4.69) is 15.9 Å². The van der Waals surface area contributed by atoms with Gasteiger partial charge in [-0.2, -0.15) is 0 Å². The summed E-state index contributed by atoms with van der Waals surface area (Å²) in [5.74, 6) is -0.581. The molecule has 0 saturated carbocycles. The first-order valence-electron chi connectivity index (χ1n) is 11.0.